The minimum atomic E-state index is -0.185. The van der Waals surface area contributed by atoms with Crippen LogP contribution in [0, 0.1) is 0 Å². The lowest BCUT2D eigenvalue weighted by molar-refractivity contribution is 0.200. The van der Waals surface area contributed by atoms with Crippen molar-refractivity contribution in [2.45, 2.75) is 19.3 Å². The molecule has 0 saturated carbocycles. The number of aromatic nitrogens is 2. The van der Waals surface area contributed by atoms with Gasteiger partial charge in [-0.2, -0.15) is 5.10 Å². The first-order valence-corrected chi connectivity index (χ1v) is 6.19. The molecular weight excluding hydrogens is 248 g/mol. The van der Waals surface area contributed by atoms with E-state index in [0.717, 1.165) is 32.4 Å². The van der Waals surface area contributed by atoms with E-state index in [9.17, 15) is 4.79 Å². The lowest BCUT2D eigenvalue weighted by Gasteiger charge is -2.26. The second kappa shape index (κ2) is 5.59. The maximum absolute atomic E-state index is 12.1. The zero-order chi connectivity index (χ0) is 13.8. The molecule has 1 aromatic heterocycles. The smallest absolute Gasteiger partial charge is 0.323 e. The second-order valence-electron chi connectivity index (χ2n) is 4.49. The first-order chi connectivity index (χ1) is 9.13. The summed E-state index contributed by atoms with van der Waals surface area (Å²) in [5.41, 5.74) is 5.94. The van der Waals surface area contributed by atoms with E-state index >= 15 is 0 Å². The number of likely N-dealkylation sites (tertiary alicyclic amines) is 1. The van der Waals surface area contributed by atoms with E-state index in [-0.39, 0.29) is 11.9 Å². The Morgan fingerprint density at radius 2 is 2.16 bits per heavy atom. The zero-order valence-electron chi connectivity index (χ0n) is 10.8. The fourth-order valence-electron chi connectivity index (χ4n) is 2.10. The molecule has 8 nitrogen and oxygen atoms in total. The van der Waals surface area contributed by atoms with Crippen LogP contribution in [0.4, 0.5) is 10.6 Å². The molecule has 1 aliphatic rings. The van der Waals surface area contributed by atoms with Crippen molar-refractivity contribution in [3.63, 3.8) is 0 Å². The van der Waals surface area contributed by atoms with Gasteiger partial charge in [-0.05, 0) is 19.3 Å². The summed E-state index contributed by atoms with van der Waals surface area (Å²) in [7, 11) is 1.68. The Morgan fingerprint density at radius 1 is 1.47 bits per heavy atom. The van der Waals surface area contributed by atoms with Gasteiger partial charge in [-0.3, -0.25) is 10.00 Å². The minimum absolute atomic E-state index is 0.0814. The predicted molar refractivity (Wildman–Crippen MR) is 70.2 cm³/mol. The Hall–Kier alpha value is -2.25. The van der Waals surface area contributed by atoms with Crippen molar-refractivity contribution in [1.82, 2.24) is 14.7 Å². The minimum Gasteiger partial charge on any atom is -0.409 e. The SMILES string of the molecule is Cn1ncc(C(N)=NO)c1NC(=O)N1CCCCC1. The van der Waals surface area contributed by atoms with Gasteiger partial charge < -0.3 is 15.8 Å². The van der Waals surface area contributed by atoms with Crippen molar-refractivity contribution in [1.29, 1.82) is 0 Å². The topological polar surface area (TPSA) is 109 Å². The summed E-state index contributed by atoms with van der Waals surface area (Å²) < 4.78 is 1.48. The number of amides is 2. The average molecular weight is 266 g/mol. The number of piperidine rings is 1. The Balaban J connectivity index is 2.14. The van der Waals surface area contributed by atoms with Crippen molar-refractivity contribution in [3.8, 4) is 0 Å². The number of nitrogens with two attached hydrogens (primary N) is 1. The number of nitrogens with zero attached hydrogens (tertiary/aromatic N) is 4. The summed E-state index contributed by atoms with van der Waals surface area (Å²) in [6.07, 6.45) is 4.64. The molecule has 0 bridgehead atoms. The van der Waals surface area contributed by atoms with Gasteiger partial charge in [0.1, 0.15) is 5.82 Å². The quantitative estimate of drug-likeness (QED) is 0.314. The predicted octanol–water partition coefficient (Wildman–Crippen LogP) is 0.532. The molecule has 8 heteroatoms. The summed E-state index contributed by atoms with van der Waals surface area (Å²) in [6, 6.07) is -0.185. The van der Waals surface area contributed by atoms with Gasteiger partial charge in [-0.25, -0.2) is 4.79 Å². The maximum Gasteiger partial charge on any atom is 0.323 e. The molecule has 4 N–H and O–H groups in total. The molecule has 104 valence electrons. The lowest BCUT2D eigenvalue weighted by Crippen LogP contribution is -2.39. The van der Waals surface area contributed by atoms with Crippen molar-refractivity contribution in [3.05, 3.63) is 11.8 Å². The van der Waals surface area contributed by atoms with Crippen molar-refractivity contribution in [2.75, 3.05) is 18.4 Å². The molecular formula is C11H18N6O2. The summed E-state index contributed by atoms with van der Waals surface area (Å²) in [5, 5.41) is 18.4. The Morgan fingerprint density at radius 3 is 2.79 bits per heavy atom. The van der Waals surface area contributed by atoms with Gasteiger partial charge in [0.05, 0.1) is 11.8 Å². The van der Waals surface area contributed by atoms with Crippen LogP contribution in [0.1, 0.15) is 24.8 Å². The number of rotatable bonds is 2. The third kappa shape index (κ3) is 2.78. The highest BCUT2D eigenvalue weighted by atomic mass is 16.4. The molecule has 19 heavy (non-hydrogen) atoms. The first kappa shape index (κ1) is 13.2. The van der Waals surface area contributed by atoms with Gasteiger partial charge >= 0.3 is 6.03 Å². The highest BCUT2D eigenvalue weighted by Crippen LogP contribution is 2.16. The molecule has 1 aromatic rings. The number of carbonyl (C=O) groups is 1. The Bertz CT molecular complexity index is 489. The molecule has 0 radical (unpaired) electrons. The molecule has 1 saturated heterocycles. The van der Waals surface area contributed by atoms with Gasteiger partial charge in [0, 0.05) is 20.1 Å². The number of oxime groups is 1. The molecule has 0 atom stereocenters. The van der Waals surface area contributed by atoms with Crippen LogP contribution in [0.3, 0.4) is 0 Å². The van der Waals surface area contributed by atoms with Gasteiger partial charge in [0.25, 0.3) is 0 Å². The van der Waals surface area contributed by atoms with Crippen LogP contribution in [0.5, 0.6) is 0 Å². The average Bonchev–Trinajstić information content (AvgIpc) is 2.80. The number of hydrogen-bond donors (Lipinski definition) is 3. The molecule has 2 rings (SSSR count). The third-order valence-electron chi connectivity index (χ3n) is 3.19. The molecule has 0 aliphatic carbocycles. The van der Waals surface area contributed by atoms with Crippen LogP contribution in [0.15, 0.2) is 11.4 Å². The Labute approximate surface area is 110 Å². The van der Waals surface area contributed by atoms with Gasteiger partial charge in [0.15, 0.2) is 5.84 Å². The monoisotopic (exact) mass is 266 g/mol. The third-order valence-corrected chi connectivity index (χ3v) is 3.19. The van der Waals surface area contributed by atoms with Crippen molar-refractivity contribution < 1.29 is 10.0 Å². The van der Waals surface area contributed by atoms with Crippen molar-refractivity contribution >= 4 is 17.7 Å². The number of urea groups is 1. The number of nitrogens with one attached hydrogen (secondary N) is 1. The Kier molecular flexibility index (Phi) is 3.88. The summed E-state index contributed by atoms with van der Waals surface area (Å²) in [4.78, 5) is 13.9. The number of aryl methyl sites for hydroxylation is 1. The van der Waals surface area contributed by atoms with E-state index in [1.807, 2.05) is 0 Å². The van der Waals surface area contributed by atoms with E-state index in [4.69, 9.17) is 10.9 Å². The fourth-order valence-corrected chi connectivity index (χ4v) is 2.10. The lowest BCUT2D eigenvalue weighted by atomic mass is 10.1. The fraction of sp³-hybridized carbons (Fsp3) is 0.545. The van der Waals surface area contributed by atoms with E-state index in [1.54, 1.807) is 11.9 Å². The van der Waals surface area contributed by atoms with Crippen LogP contribution < -0.4 is 11.1 Å². The van der Waals surface area contributed by atoms with Crippen LogP contribution in [-0.2, 0) is 7.05 Å². The number of carbonyl (C=O) groups excluding carboxylic acids is 1. The van der Waals surface area contributed by atoms with Crippen LogP contribution >= 0.6 is 0 Å². The number of amidine groups is 1. The summed E-state index contributed by atoms with van der Waals surface area (Å²) in [6.45, 7) is 1.51. The molecule has 2 amide bonds. The molecule has 0 spiro atoms. The van der Waals surface area contributed by atoms with E-state index < -0.39 is 0 Å². The van der Waals surface area contributed by atoms with Crippen LogP contribution in [0.25, 0.3) is 0 Å². The number of hydrogen-bond acceptors (Lipinski definition) is 4. The second-order valence-corrected chi connectivity index (χ2v) is 4.49. The molecule has 0 aromatic carbocycles. The summed E-state index contributed by atoms with van der Waals surface area (Å²) >= 11 is 0. The van der Waals surface area contributed by atoms with E-state index in [1.165, 1.54) is 10.9 Å². The summed E-state index contributed by atoms with van der Waals surface area (Å²) in [5.74, 6) is 0.341. The standard InChI is InChI=1S/C11H18N6O2/c1-16-10(8(7-13-16)9(12)15-19)14-11(18)17-5-3-2-4-6-17/h7,19H,2-6H2,1H3,(H2,12,15)(H,14,18). The maximum atomic E-state index is 12.1. The van der Waals surface area contributed by atoms with Crippen LogP contribution in [-0.4, -0.2) is 44.8 Å². The van der Waals surface area contributed by atoms with E-state index in [2.05, 4.69) is 15.6 Å². The highest BCUT2D eigenvalue weighted by molar-refractivity contribution is 6.04. The molecule has 1 aliphatic heterocycles. The van der Waals surface area contributed by atoms with Crippen molar-refractivity contribution in [2.24, 2.45) is 17.9 Å². The van der Waals surface area contributed by atoms with Gasteiger partial charge in [-0.15, -0.1) is 0 Å². The molecule has 2 heterocycles. The molecule has 0 unspecified atom stereocenters. The molecule has 1 fully saturated rings. The van der Waals surface area contributed by atoms with Gasteiger partial charge in [0.2, 0.25) is 0 Å². The normalized spacial score (nSPS) is 16.5. The first-order valence-electron chi connectivity index (χ1n) is 6.19. The highest BCUT2D eigenvalue weighted by Gasteiger charge is 2.20. The van der Waals surface area contributed by atoms with Crippen LogP contribution in [0.2, 0.25) is 0 Å². The van der Waals surface area contributed by atoms with Gasteiger partial charge in [-0.1, -0.05) is 5.16 Å². The largest absolute Gasteiger partial charge is 0.409 e. The zero-order valence-corrected chi connectivity index (χ0v) is 10.8. The van der Waals surface area contributed by atoms with E-state index in [0.29, 0.717) is 11.4 Å². The number of anilines is 1.